The number of alkyl halides is 4. The molecule has 0 spiro atoms. The van der Waals surface area contributed by atoms with E-state index < -0.39 is 12.1 Å². The molecule has 4 heteroatoms. The van der Waals surface area contributed by atoms with Crippen molar-refractivity contribution in [3.8, 4) is 0 Å². The molecule has 0 saturated heterocycles. The highest BCUT2D eigenvalue weighted by molar-refractivity contribution is 6.20. The fourth-order valence-corrected chi connectivity index (χ4v) is 3.24. The molecular formula is C15H18ClF3. The van der Waals surface area contributed by atoms with Gasteiger partial charge in [-0.15, -0.1) is 11.6 Å². The van der Waals surface area contributed by atoms with Crippen LogP contribution in [0, 0.1) is 11.8 Å². The fourth-order valence-electron chi connectivity index (χ4n) is 2.81. The van der Waals surface area contributed by atoms with Gasteiger partial charge < -0.3 is 0 Å². The lowest BCUT2D eigenvalue weighted by Crippen LogP contribution is -2.31. The molecule has 1 aliphatic carbocycles. The molecule has 0 heterocycles. The first-order chi connectivity index (χ1) is 8.97. The number of hydrogen-bond donors (Lipinski definition) is 0. The SMILES string of the molecule is FC(F)(F)C1CCC(C(Cl)Cc2ccccc2)CC1. The zero-order valence-electron chi connectivity index (χ0n) is 10.7. The van der Waals surface area contributed by atoms with Crippen LogP contribution in [0.15, 0.2) is 30.3 Å². The average molecular weight is 291 g/mol. The van der Waals surface area contributed by atoms with Crippen molar-refractivity contribution >= 4 is 11.6 Å². The highest BCUT2D eigenvalue weighted by Crippen LogP contribution is 2.41. The van der Waals surface area contributed by atoms with Gasteiger partial charge in [0.15, 0.2) is 0 Å². The minimum atomic E-state index is -4.04. The second-order valence-electron chi connectivity index (χ2n) is 5.36. The minimum Gasteiger partial charge on any atom is -0.171 e. The van der Waals surface area contributed by atoms with Gasteiger partial charge in [0.05, 0.1) is 5.92 Å². The summed E-state index contributed by atoms with van der Waals surface area (Å²) >= 11 is 6.37. The van der Waals surface area contributed by atoms with Crippen LogP contribution in [0.25, 0.3) is 0 Å². The van der Waals surface area contributed by atoms with E-state index in [0.717, 1.165) is 12.0 Å². The van der Waals surface area contributed by atoms with Gasteiger partial charge in [-0.25, -0.2) is 0 Å². The Bertz CT molecular complexity index is 380. The molecule has 19 heavy (non-hydrogen) atoms. The van der Waals surface area contributed by atoms with E-state index in [2.05, 4.69) is 0 Å². The Labute approximate surface area is 117 Å². The summed E-state index contributed by atoms with van der Waals surface area (Å²) in [5.74, 6) is -0.912. The van der Waals surface area contributed by atoms with E-state index in [1.165, 1.54) is 0 Å². The van der Waals surface area contributed by atoms with E-state index in [1.807, 2.05) is 30.3 Å². The van der Waals surface area contributed by atoms with Crippen molar-refractivity contribution in [3.63, 3.8) is 0 Å². The van der Waals surface area contributed by atoms with E-state index in [1.54, 1.807) is 0 Å². The van der Waals surface area contributed by atoms with Crippen LogP contribution in [0.3, 0.4) is 0 Å². The summed E-state index contributed by atoms with van der Waals surface area (Å²) in [6.45, 7) is 0. The van der Waals surface area contributed by atoms with Gasteiger partial charge in [-0.1, -0.05) is 30.3 Å². The summed E-state index contributed by atoms with van der Waals surface area (Å²) in [5.41, 5.74) is 1.15. The van der Waals surface area contributed by atoms with Crippen LogP contribution in [-0.4, -0.2) is 11.6 Å². The summed E-state index contributed by atoms with van der Waals surface area (Å²) in [6.07, 6.45) is -1.66. The van der Waals surface area contributed by atoms with E-state index >= 15 is 0 Å². The molecule has 1 unspecified atom stereocenters. The molecule has 0 radical (unpaired) electrons. The standard InChI is InChI=1S/C15H18ClF3/c16-14(10-11-4-2-1-3-5-11)12-6-8-13(9-7-12)15(17,18)19/h1-5,12-14H,6-10H2. The molecule has 2 rings (SSSR count). The zero-order valence-corrected chi connectivity index (χ0v) is 11.4. The van der Waals surface area contributed by atoms with Crippen molar-refractivity contribution in [1.29, 1.82) is 0 Å². The van der Waals surface area contributed by atoms with Crippen molar-refractivity contribution in [2.45, 2.75) is 43.7 Å². The summed E-state index contributed by atoms with van der Waals surface area (Å²) in [7, 11) is 0. The summed E-state index contributed by atoms with van der Waals surface area (Å²) < 4.78 is 37.8. The molecule has 1 aromatic carbocycles. The summed E-state index contributed by atoms with van der Waals surface area (Å²) in [5, 5.41) is -0.0587. The van der Waals surface area contributed by atoms with Gasteiger partial charge in [0.2, 0.25) is 0 Å². The smallest absolute Gasteiger partial charge is 0.171 e. The van der Waals surface area contributed by atoms with Crippen LogP contribution in [0.5, 0.6) is 0 Å². The highest BCUT2D eigenvalue weighted by Gasteiger charge is 2.42. The third-order valence-corrected chi connectivity index (χ3v) is 4.53. The normalized spacial score (nSPS) is 26.1. The maximum atomic E-state index is 12.6. The Morgan fingerprint density at radius 2 is 1.63 bits per heavy atom. The lowest BCUT2D eigenvalue weighted by atomic mass is 9.79. The quantitative estimate of drug-likeness (QED) is 0.671. The average Bonchev–Trinajstić information content (AvgIpc) is 2.39. The maximum absolute atomic E-state index is 12.6. The van der Waals surface area contributed by atoms with Crippen LogP contribution < -0.4 is 0 Å². The van der Waals surface area contributed by atoms with Gasteiger partial charge in [0.1, 0.15) is 0 Å². The second kappa shape index (κ2) is 6.17. The number of benzene rings is 1. The Morgan fingerprint density at radius 3 is 2.16 bits per heavy atom. The highest BCUT2D eigenvalue weighted by atomic mass is 35.5. The Kier molecular flexibility index (Phi) is 4.77. The fraction of sp³-hybridized carbons (Fsp3) is 0.600. The number of hydrogen-bond acceptors (Lipinski definition) is 0. The maximum Gasteiger partial charge on any atom is 0.391 e. The number of halogens is 4. The molecule has 1 aromatic rings. The molecule has 0 aliphatic heterocycles. The van der Waals surface area contributed by atoms with E-state index in [9.17, 15) is 13.2 Å². The van der Waals surface area contributed by atoms with Gasteiger partial charge in [-0.2, -0.15) is 13.2 Å². The third-order valence-electron chi connectivity index (χ3n) is 4.02. The van der Waals surface area contributed by atoms with Gasteiger partial charge in [0.25, 0.3) is 0 Å². The molecule has 106 valence electrons. The topological polar surface area (TPSA) is 0 Å². The van der Waals surface area contributed by atoms with E-state index in [4.69, 9.17) is 11.6 Å². The van der Waals surface area contributed by atoms with Crippen LogP contribution in [0.2, 0.25) is 0 Å². The zero-order chi connectivity index (χ0) is 13.9. The molecule has 1 fully saturated rings. The van der Waals surface area contributed by atoms with Crippen molar-refractivity contribution < 1.29 is 13.2 Å². The first-order valence-electron chi connectivity index (χ1n) is 6.71. The Balaban J connectivity index is 1.84. The van der Waals surface area contributed by atoms with Crippen molar-refractivity contribution in [3.05, 3.63) is 35.9 Å². The van der Waals surface area contributed by atoms with Gasteiger partial charge in [-0.3, -0.25) is 0 Å². The van der Waals surface area contributed by atoms with Crippen LogP contribution >= 0.6 is 11.6 Å². The Morgan fingerprint density at radius 1 is 1.05 bits per heavy atom. The largest absolute Gasteiger partial charge is 0.391 e. The van der Waals surface area contributed by atoms with Crippen LogP contribution in [0.4, 0.5) is 13.2 Å². The number of rotatable bonds is 3. The summed E-state index contributed by atoms with van der Waals surface area (Å²) in [4.78, 5) is 0. The Hall–Kier alpha value is -0.700. The monoisotopic (exact) mass is 290 g/mol. The molecular weight excluding hydrogens is 273 g/mol. The third kappa shape index (κ3) is 4.13. The second-order valence-corrected chi connectivity index (χ2v) is 5.92. The predicted molar refractivity (Wildman–Crippen MR) is 71.3 cm³/mol. The lowest BCUT2D eigenvalue weighted by molar-refractivity contribution is -0.183. The molecule has 1 aliphatic rings. The molecule has 0 amide bonds. The van der Waals surface area contributed by atoms with E-state index in [-0.39, 0.29) is 24.1 Å². The van der Waals surface area contributed by atoms with Crippen LogP contribution in [-0.2, 0) is 6.42 Å². The van der Waals surface area contributed by atoms with Crippen molar-refractivity contribution in [2.75, 3.05) is 0 Å². The first kappa shape index (κ1) is 14.7. The molecule has 0 aromatic heterocycles. The summed E-state index contributed by atoms with van der Waals surface area (Å²) in [6, 6.07) is 9.88. The molecule has 0 bridgehead atoms. The van der Waals surface area contributed by atoms with Crippen molar-refractivity contribution in [1.82, 2.24) is 0 Å². The van der Waals surface area contributed by atoms with Gasteiger partial charge in [0, 0.05) is 5.38 Å². The molecule has 0 nitrogen and oxygen atoms in total. The first-order valence-corrected chi connectivity index (χ1v) is 7.15. The van der Waals surface area contributed by atoms with Gasteiger partial charge in [-0.05, 0) is 43.6 Å². The predicted octanol–water partition coefficient (Wildman–Crippen LogP) is 5.21. The van der Waals surface area contributed by atoms with Gasteiger partial charge >= 0.3 is 6.18 Å². The minimum absolute atomic E-state index is 0.0587. The van der Waals surface area contributed by atoms with Crippen LogP contribution in [0.1, 0.15) is 31.2 Å². The van der Waals surface area contributed by atoms with E-state index in [0.29, 0.717) is 12.8 Å². The lowest BCUT2D eigenvalue weighted by Gasteiger charge is -2.32. The molecule has 1 saturated carbocycles. The molecule has 1 atom stereocenters. The van der Waals surface area contributed by atoms with Crippen molar-refractivity contribution in [2.24, 2.45) is 11.8 Å². The molecule has 0 N–H and O–H groups in total.